The molecule has 0 bridgehead atoms. The molecule has 0 N–H and O–H groups in total. The number of carbonyl (C=O) groups excluding carboxylic acids is 1. The summed E-state index contributed by atoms with van der Waals surface area (Å²) in [6, 6.07) is 8.08. The van der Waals surface area contributed by atoms with Crippen LogP contribution < -0.4 is 0 Å². The minimum atomic E-state index is 0.0697. The van der Waals surface area contributed by atoms with E-state index in [1.807, 2.05) is 24.3 Å². The number of hydrogen-bond donors (Lipinski definition) is 0. The SMILES string of the molecule is CN(C)C(=O)CSc1nnc(-c2ccccc2Cl)n1C1CCCC1. The zero-order valence-corrected chi connectivity index (χ0v) is 15.5. The summed E-state index contributed by atoms with van der Waals surface area (Å²) < 4.78 is 2.18. The van der Waals surface area contributed by atoms with Gasteiger partial charge in [0.25, 0.3) is 0 Å². The van der Waals surface area contributed by atoms with Crippen molar-refractivity contribution in [3.05, 3.63) is 29.3 Å². The first-order chi connectivity index (χ1) is 11.6. The van der Waals surface area contributed by atoms with Gasteiger partial charge >= 0.3 is 0 Å². The van der Waals surface area contributed by atoms with Gasteiger partial charge in [0, 0.05) is 25.7 Å². The van der Waals surface area contributed by atoms with Crippen LogP contribution in [0.5, 0.6) is 0 Å². The average molecular weight is 365 g/mol. The number of nitrogens with zero attached hydrogens (tertiary/aromatic N) is 4. The fraction of sp³-hybridized carbons (Fsp3) is 0.471. The Bertz CT molecular complexity index is 725. The number of rotatable bonds is 5. The molecule has 0 radical (unpaired) electrons. The van der Waals surface area contributed by atoms with E-state index in [-0.39, 0.29) is 5.91 Å². The Morgan fingerprint density at radius 2 is 2.00 bits per heavy atom. The molecule has 5 nitrogen and oxygen atoms in total. The predicted octanol–water partition coefficient (Wildman–Crippen LogP) is 3.89. The normalized spacial score (nSPS) is 15.0. The van der Waals surface area contributed by atoms with E-state index in [0.717, 1.165) is 29.4 Å². The van der Waals surface area contributed by atoms with Gasteiger partial charge in [0.05, 0.1) is 10.8 Å². The first-order valence-corrected chi connectivity index (χ1v) is 9.47. The van der Waals surface area contributed by atoms with Gasteiger partial charge in [0.1, 0.15) is 0 Å². The summed E-state index contributed by atoms with van der Waals surface area (Å²) in [5.41, 5.74) is 0.893. The van der Waals surface area contributed by atoms with Crippen LogP contribution in [-0.2, 0) is 4.79 Å². The summed E-state index contributed by atoms with van der Waals surface area (Å²) in [4.78, 5) is 13.5. The number of halogens is 1. The van der Waals surface area contributed by atoms with E-state index in [9.17, 15) is 4.79 Å². The van der Waals surface area contributed by atoms with E-state index < -0.39 is 0 Å². The van der Waals surface area contributed by atoms with Crippen molar-refractivity contribution in [1.29, 1.82) is 0 Å². The van der Waals surface area contributed by atoms with Crippen LogP contribution in [0.2, 0.25) is 5.02 Å². The lowest BCUT2D eigenvalue weighted by molar-refractivity contribution is -0.125. The van der Waals surface area contributed by atoms with Gasteiger partial charge in [-0.05, 0) is 25.0 Å². The second-order valence-electron chi connectivity index (χ2n) is 6.17. The van der Waals surface area contributed by atoms with Crippen LogP contribution in [0.1, 0.15) is 31.7 Å². The zero-order valence-electron chi connectivity index (χ0n) is 13.9. The highest BCUT2D eigenvalue weighted by atomic mass is 35.5. The van der Waals surface area contributed by atoms with Gasteiger partial charge in [-0.25, -0.2) is 0 Å². The number of aromatic nitrogens is 3. The molecule has 1 fully saturated rings. The van der Waals surface area contributed by atoms with E-state index >= 15 is 0 Å². The molecule has 7 heteroatoms. The average Bonchev–Trinajstić information content (AvgIpc) is 3.21. The molecule has 1 aliphatic carbocycles. The lowest BCUT2D eigenvalue weighted by atomic mass is 10.2. The minimum Gasteiger partial charge on any atom is -0.348 e. The van der Waals surface area contributed by atoms with E-state index in [4.69, 9.17) is 11.6 Å². The van der Waals surface area contributed by atoms with Crippen LogP contribution in [0, 0.1) is 0 Å². The van der Waals surface area contributed by atoms with E-state index in [1.165, 1.54) is 24.6 Å². The maximum atomic E-state index is 11.9. The predicted molar refractivity (Wildman–Crippen MR) is 97.4 cm³/mol. The molecule has 0 aliphatic heterocycles. The van der Waals surface area contributed by atoms with Gasteiger partial charge < -0.3 is 4.90 Å². The molecule has 1 aromatic heterocycles. The first kappa shape index (κ1) is 17.3. The van der Waals surface area contributed by atoms with Crippen molar-refractivity contribution in [2.45, 2.75) is 36.9 Å². The summed E-state index contributed by atoms with van der Waals surface area (Å²) in [7, 11) is 3.53. The molecule has 3 rings (SSSR count). The van der Waals surface area contributed by atoms with E-state index in [2.05, 4.69) is 14.8 Å². The van der Waals surface area contributed by atoms with Crippen molar-refractivity contribution in [2.75, 3.05) is 19.8 Å². The highest BCUT2D eigenvalue weighted by molar-refractivity contribution is 7.99. The lowest BCUT2D eigenvalue weighted by Gasteiger charge is -2.17. The third-order valence-electron chi connectivity index (χ3n) is 4.29. The molecular formula is C17H21ClN4OS. The van der Waals surface area contributed by atoms with Crippen molar-refractivity contribution in [3.63, 3.8) is 0 Å². The summed E-state index contributed by atoms with van der Waals surface area (Å²) in [6.45, 7) is 0. The monoisotopic (exact) mass is 364 g/mol. The molecule has 1 aliphatic rings. The van der Waals surface area contributed by atoms with Crippen molar-refractivity contribution in [1.82, 2.24) is 19.7 Å². The standard InChI is InChI=1S/C17H21ClN4OS/c1-21(2)15(23)11-24-17-20-19-16(13-9-5-6-10-14(13)18)22(17)12-7-3-4-8-12/h5-6,9-10,12H,3-4,7-8,11H2,1-2H3. The van der Waals surface area contributed by atoms with Crippen molar-refractivity contribution in [3.8, 4) is 11.4 Å². The lowest BCUT2D eigenvalue weighted by Crippen LogP contribution is -2.23. The molecule has 1 heterocycles. The van der Waals surface area contributed by atoms with Crippen molar-refractivity contribution in [2.24, 2.45) is 0 Å². The van der Waals surface area contributed by atoms with Crippen LogP contribution in [-0.4, -0.2) is 45.4 Å². The number of hydrogen-bond acceptors (Lipinski definition) is 4. The Morgan fingerprint density at radius 1 is 1.29 bits per heavy atom. The molecule has 0 saturated heterocycles. The van der Waals surface area contributed by atoms with Crippen LogP contribution in [0.3, 0.4) is 0 Å². The molecule has 24 heavy (non-hydrogen) atoms. The zero-order chi connectivity index (χ0) is 17.1. The van der Waals surface area contributed by atoms with Gasteiger partial charge in [0.2, 0.25) is 5.91 Å². The minimum absolute atomic E-state index is 0.0697. The molecule has 1 saturated carbocycles. The van der Waals surface area contributed by atoms with Gasteiger partial charge in [-0.3, -0.25) is 9.36 Å². The number of benzene rings is 1. The van der Waals surface area contributed by atoms with Crippen LogP contribution in [0.4, 0.5) is 0 Å². The Morgan fingerprint density at radius 3 is 2.67 bits per heavy atom. The van der Waals surface area contributed by atoms with Crippen LogP contribution in [0.15, 0.2) is 29.4 Å². The van der Waals surface area contributed by atoms with Gasteiger partial charge in [-0.2, -0.15) is 0 Å². The smallest absolute Gasteiger partial charge is 0.232 e. The molecule has 0 spiro atoms. The summed E-state index contributed by atoms with van der Waals surface area (Å²) in [5, 5.41) is 10.2. The third kappa shape index (κ3) is 3.59. The maximum Gasteiger partial charge on any atom is 0.232 e. The van der Waals surface area contributed by atoms with Gasteiger partial charge in [-0.15, -0.1) is 10.2 Å². The van der Waals surface area contributed by atoms with E-state index in [1.54, 1.807) is 19.0 Å². The molecule has 1 amide bonds. The fourth-order valence-electron chi connectivity index (χ4n) is 2.95. The topological polar surface area (TPSA) is 51.0 Å². The number of amides is 1. The molecule has 128 valence electrons. The number of carbonyl (C=O) groups is 1. The Kier molecular flexibility index (Phi) is 5.46. The van der Waals surface area contributed by atoms with E-state index in [0.29, 0.717) is 16.8 Å². The van der Waals surface area contributed by atoms with Gasteiger partial charge in [-0.1, -0.05) is 48.3 Å². The summed E-state index contributed by atoms with van der Waals surface area (Å²) >= 11 is 7.81. The highest BCUT2D eigenvalue weighted by Gasteiger charge is 2.26. The second kappa shape index (κ2) is 7.57. The Labute approximate surface area is 151 Å². The molecule has 0 atom stereocenters. The Hall–Kier alpha value is -1.53. The Balaban J connectivity index is 1.95. The van der Waals surface area contributed by atoms with Crippen LogP contribution >= 0.6 is 23.4 Å². The summed E-state index contributed by atoms with van der Waals surface area (Å²) in [6.07, 6.45) is 4.66. The maximum absolute atomic E-state index is 11.9. The quantitative estimate of drug-likeness (QED) is 0.755. The largest absolute Gasteiger partial charge is 0.348 e. The van der Waals surface area contributed by atoms with Crippen LogP contribution in [0.25, 0.3) is 11.4 Å². The second-order valence-corrected chi connectivity index (χ2v) is 7.52. The molecule has 2 aromatic rings. The van der Waals surface area contributed by atoms with Crippen molar-refractivity contribution >= 4 is 29.3 Å². The molecule has 1 aromatic carbocycles. The highest BCUT2D eigenvalue weighted by Crippen LogP contribution is 2.38. The van der Waals surface area contributed by atoms with Gasteiger partial charge in [0.15, 0.2) is 11.0 Å². The molecular weight excluding hydrogens is 344 g/mol. The molecule has 0 unspecified atom stereocenters. The summed E-state index contributed by atoms with van der Waals surface area (Å²) in [5.74, 6) is 1.23. The number of thioether (sulfide) groups is 1. The first-order valence-electron chi connectivity index (χ1n) is 8.10. The fourth-order valence-corrected chi connectivity index (χ4v) is 4.15. The van der Waals surface area contributed by atoms with Crippen molar-refractivity contribution < 1.29 is 4.79 Å². The third-order valence-corrected chi connectivity index (χ3v) is 5.55.